The van der Waals surface area contributed by atoms with Crippen LogP contribution in [-0.2, 0) is 16.4 Å². The lowest BCUT2D eigenvalue weighted by Gasteiger charge is -2.27. The maximum absolute atomic E-state index is 14.3. The maximum Gasteiger partial charge on any atom is 0.255 e. The average molecular weight is 545 g/mol. The SMILES string of the molecule is O=C1c2cc(C#CCN3CCS(=O)(=O)CC3)ccc2CN1C(c1nc2ccccc2[nH]1)c1cc(F)ccc1O. The predicted octanol–water partition coefficient (Wildman–Crippen LogP) is 3.23. The summed E-state index contributed by atoms with van der Waals surface area (Å²) in [7, 11) is -2.95. The number of amides is 1. The number of imidazole rings is 1. The van der Waals surface area contributed by atoms with Crippen molar-refractivity contribution in [1.29, 1.82) is 0 Å². The standard InChI is InChI=1S/C29H25FN4O4S/c30-21-9-10-26(35)23(17-21)27(28-31-24-5-1-2-6-25(24)32-28)34-18-20-8-7-19(16-22(20)29(34)36)4-3-11-33-12-14-39(37,38)15-13-33/h1-2,5-10,16-17,27,35H,11-15,18H2,(H,31,32). The number of carbonyl (C=O) groups is 1. The van der Waals surface area contributed by atoms with E-state index in [1.54, 1.807) is 11.0 Å². The van der Waals surface area contributed by atoms with E-state index in [1.165, 1.54) is 18.2 Å². The molecule has 0 spiro atoms. The number of hydrogen-bond donors (Lipinski definition) is 2. The molecular formula is C29H25FN4O4S. The third-order valence-corrected chi connectivity index (χ3v) is 8.79. The summed E-state index contributed by atoms with van der Waals surface area (Å²) in [5, 5.41) is 10.7. The summed E-state index contributed by atoms with van der Waals surface area (Å²) in [6.07, 6.45) is 0. The molecule has 3 heterocycles. The van der Waals surface area contributed by atoms with E-state index in [0.29, 0.717) is 42.1 Å². The van der Waals surface area contributed by atoms with Gasteiger partial charge >= 0.3 is 0 Å². The molecule has 0 saturated carbocycles. The number of nitrogens with zero attached hydrogens (tertiary/aromatic N) is 3. The molecular weight excluding hydrogens is 519 g/mol. The van der Waals surface area contributed by atoms with Crippen molar-refractivity contribution in [3.05, 3.63) is 94.6 Å². The number of para-hydroxylation sites is 2. The Morgan fingerprint density at radius 2 is 1.87 bits per heavy atom. The lowest BCUT2D eigenvalue weighted by molar-refractivity contribution is 0.0723. The highest BCUT2D eigenvalue weighted by Gasteiger charge is 2.37. The molecule has 198 valence electrons. The summed E-state index contributed by atoms with van der Waals surface area (Å²) in [4.78, 5) is 25.2. The Morgan fingerprint density at radius 3 is 2.67 bits per heavy atom. The molecule has 0 radical (unpaired) electrons. The third kappa shape index (κ3) is 4.99. The van der Waals surface area contributed by atoms with Gasteiger partial charge in [0.15, 0.2) is 9.84 Å². The van der Waals surface area contributed by atoms with E-state index in [9.17, 15) is 22.7 Å². The Kier molecular flexibility index (Phi) is 6.33. The van der Waals surface area contributed by atoms with Gasteiger partial charge in [-0.05, 0) is 48.0 Å². The van der Waals surface area contributed by atoms with Gasteiger partial charge in [-0.3, -0.25) is 9.69 Å². The second kappa shape index (κ2) is 9.84. The lowest BCUT2D eigenvalue weighted by atomic mass is 10.0. The van der Waals surface area contributed by atoms with E-state index in [-0.39, 0.29) is 35.3 Å². The van der Waals surface area contributed by atoms with Crippen molar-refractivity contribution in [2.75, 3.05) is 31.1 Å². The second-order valence-electron chi connectivity index (χ2n) is 9.78. The average Bonchev–Trinajstić information content (AvgIpc) is 3.48. The fourth-order valence-electron chi connectivity index (χ4n) is 5.08. The van der Waals surface area contributed by atoms with Gasteiger partial charge in [-0.1, -0.05) is 30.0 Å². The molecule has 3 aromatic carbocycles. The molecule has 1 unspecified atom stereocenters. The van der Waals surface area contributed by atoms with Crippen LogP contribution in [0.4, 0.5) is 4.39 Å². The number of sulfone groups is 1. The number of fused-ring (bicyclic) bond motifs is 2. The van der Waals surface area contributed by atoms with Crippen LogP contribution in [0.25, 0.3) is 11.0 Å². The number of aromatic nitrogens is 2. The van der Waals surface area contributed by atoms with Gasteiger partial charge < -0.3 is 15.0 Å². The summed E-state index contributed by atoms with van der Waals surface area (Å²) in [5.74, 6) is 5.94. The number of hydrogen-bond acceptors (Lipinski definition) is 6. The zero-order valence-electron chi connectivity index (χ0n) is 20.9. The number of benzene rings is 3. The van der Waals surface area contributed by atoms with Gasteiger partial charge in [0, 0.05) is 36.3 Å². The molecule has 1 saturated heterocycles. The molecule has 0 aliphatic carbocycles. The highest BCUT2D eigenvalue weighted by atomic mass is 32.2. The minimum Gasteiger partial charge on any atom is -0.508 e. The number of phenolic OH excluding ortho intramolecular Hbond substituents is 1. The first kappa shape index (κ1) is 25.1. The smallest absolute Gasteiger partial charge is 0.255 e. The van der Waals surface area contributed by atoms with E-state index in [1.807, 2.05) is 41.3 Å². The van der Waals surface area contributed by atoms with Crippen molar-refractivity contribution in [1.82, 2.24) is 19.8 Å². The van der Waals surface area contributed by atoms with Crippen LogP contribution in [0.15, 0.2) is 60.7 Å². The normalized spacial score (nSPS) is 17.6. The maximum atomic E-state index is 14.3. The number of phenols is 1. The number of aromatic hydroxyl groups is 1. The van der Waals surface area contributed by atoms with Crippen LogP contribution < -0.4 is 0 Å². The highest BCUT2D eigenvalue weighted by Crippen LogP contribution is 2.39. The van der Waals surface area contributed by atoms with Crippen molar-refractivity contribution < 1.29 is 22.7 Å². The minimum atomic E-state index is -2.95. The summed E-state index contributed by atoms with van der Waals surface area (Å²) in [5.41, 5.74) is 3.65. The van der Waals surface area contributed by atoms with Gasteiger partial charge in [0.1, 0.15) is 23.4 Å². The zero-order valence-corrected chi connectivity index (χ0v) is 21.7. The Bertz CT molecular complexity index is 1730. The molecule has 10 heteroatoms. The van der Waals surface area contributed by atoms with Crippen LogP contribution >= 0.6 is 0 Å². The van der Waals surface area contributed by atoms with Crippen LogP contribution in [0.3, 0.4) is 0 Å². The first-order valence-electron chi connectivity index (χ1n) is 12.6. The number of carbonyl (C=O) groups excluding carboxylic acids is 1. The van der Waals surface area contributed by atoms with Gasteiger partial charge in [0.05, 0.1) is 29.1 Å². The minimum absolute atomic E-state index is 0.136. The van der Waals surface area contributed by atoms with E-state index >= 15 is 0 Å². The topological polar surface area (TPSA) is 107 Å². The van der Waals surface area contributed by atoms with E-state index in [4.69, 9.17) is 0 Å². The van der Waals surface area contributed by atoms with Crippen LogP contribution in [0, 0.1) is 17.7 Å². The fourth-order valence-corrected chi connectivity index (χ4v) is 6.36. The zero-order chi connectivity index (χ0) is 27.1. The molecule has 39 heavy (non-hydrogen) atoms. The first-order valence-corrected chi connectivity index (χ1v) is 14.4. The number of halogens is 1. The van der Waals surface area contributed by atoms with E-state index < -0.39 is 21.7 Å². The molecule has 6 rings (SSSR count). The van der Waals surface area contributed by atoms with E-state index in [0.717, 1.165) is 11.1 Å². The van der Waals surface area contributed by atoms with Crippen molar-refractivity contribution in [2.45, 2.75) is 12.6 Å². The van der Waals surface area contributed by atoms with Crippen molar-refractivity contribution in [3.8, 4) is 17.6 Å². The Balaban J connectivity index is 1.30. The molecule has 8 nitrogen and oxygen atoms in total. The number of nitrogens with one attached hydrogen (secondary N) is 1. The highest BCUT2D eigenvalue weighted by molar-refractivity contribution is 7.91. The van der Waals surface area contributed by atoms with Crippen molar-refractivity contribution in [3.63, 3.8) is 0 Å². The summed E-state index contributed by atoms with van der Waals surface area (Å²) in [6, 6.07) is 15.7. The first-order chi connectivity index (χ1) is 18.8. The molecule has 2 N–H and O–H groups in total. The van der Waals surface area contributed by atoms with Gasteiger partial charge in [0.25, 0.3) is 5.91 Å². The van der Waals surface area contributed by atoms with Gasteiger partial charge in [-0.2, -0.15) is 0 Å². The summed E-state index contributed by atoms with van der Waals surface area (Å²) >= 11 is 0. The van der Waals surface area contributed by atoms with Crippen LogP contribution in [-0.4, -0.2) is 70.3 Å². The molecule has 2 aliphatic rings. The number of H-pyrrole nitrogens is 1. The number of aromatic amines is 1. The molecule has 1 fully saturated rings. The van der Waals surface area contributed by atoms with Gasteiger partial charge in [0.2, 0.25) is 0 Å². The predicted molar refractivity (Wildman–Crippen MR) is 144 cm³/mol. The quantitative estimate of drug-likeness (QED) is 0.382. The molecule has 1 amide bonds. The Labute approximate surface area is 225 Å². The third-order valence-electron chi connectivity index (χ3n) is 7.18. The van der Waals surface area contributed by atoms with Crippen molar-refractivity contribution in [2.24, 2.45) is 0 Å². The molecule has 1 aromatic heterocycles. The van der Waals surface area contributed by atoms with Crippen LogP contribution in [0.2, 0.25) is 0 Å². The molecule has 1 atom stereocenters. The van der Waals surface area contributed by atoms with Crippen LogP contribution in [0.1, 0.15) is 38.9 Å². The fraction of sp³-hybridized carbons (Fsp3) is 0.241. The summed E-state index contributed by atoms with van der Waals surface area (Å²) < 4.78 is 37.6. The van der Waals surface area contributed by atoms with Gasteiger partial charge in [-0.25, -0.2) is 17.8 Å². The molecule has 2 aliphatic heterocycles. The van der Waals surface area contributed by atoms with E-state index in [2.05, 4.69) is 21.8 Å². The van der Waals surface area contributed by atoms with Gasteiger partial charge in [-0.15, -0.1) is 0 Å². The van der Waals surface area contributed by atoms with Crippen molar-refractivity contribution >= 4 is 26.8 Å². The lowest BCUT2D eigenvalue weighted by Crippen LogP contribution is -2.40. The monoisotopic (exact) mass is 544 g/mol. The number of rotatable bonds is 4. The molecule has 4 aromatic rings. The molecule has 0 bridgehead atoms. The van der Waals surface area contributed by atoms with Crippen LogP contribution in [0.5, 0.6) is 5.75 Å². The summed E-state index contributed by atoms with van der Waals surface area (Å²) in [6.45, 7) is 1.62. The Hall–Kier alpha value is -4.20. The Morgan fingerprint density at radius 1 is 1.08 bits per heavy atom. The largest absolute Gasteiger partial charge is 0.508 e. The second-order valence-corrected chi connectivity index (χ2v) is 12.1.